The van der Waals surface area contributed by atoms with E-state index in [2.05, 4.69) is 4.98 Å². The Morgan fingerprint density at radius 1 is 1.45 bits per heavy atom. The second-order valence-electron chi connectivity index (χ2n) is 4.76. The first-order valence-electron chi connectivity index (χ1n) is 6.21. The minimum Gasteiger partial charge on any atom is -0.348 e. The van der Waals surface area contributed by atoms with Crippen LogP contribution in [-0.4, -0.2) is 28.6 Å². The highest BCUT2D eigenvalue weighted by atomic mass is 35.5. The molecule has 2 rings (SSSR count). The number of alkyl halides is 3. The number of hydrogen-bond acceptors (Lipinski definition) is 4. The van der Waals surface area contributed by atoms with Gasteiger partial charge in [-0.3, -0.25) is 10.1 Å². The highest BCUT2D eigenvalue weighted by Gasteiger charge is 2.39. The highest BCUT2D eigenvalue weighted by Crippen LogP contribution is 2.44. The summed E-state index contributed by atoms with van der Waals surface area (Å²) < 4.78 is 40.5. The number of benzene rings is 1. The number of imidazole rings is 1. The topological polar surface area (TPSA) is 64.2 Å². The highest BCUT2D eigenvalue weighted by molar-refractivity contribution is 6.35. The summed E-state index contributed by atoms with van der Waals surface area (Å²) in [5, 5.41) is 10.3. The maximum absolute atomic E-state index is 13.0. The van der Waals surface area contributed by atoms with Crippen LogP contribution in [0.2, 0.25) is 5.02 Å². The van der Waals surface area contributed by atoms with Gasteiger partial charge in [-0.1, -0.05) is 11.6 Å². The number of aryl methyl sites for hydroxylation is 1. The first-order chi connectivity index (χ1) is 10.1. The van der Waals surface area contributed by atoms with Crippen LogP contribution in [0.25, 0.3) is 11.0 Å². The van der Waals surface area contributed by atoms with Crippen LogP contribution in [0.5, 0.6) is 0 Å². The molecular weight excluding hydrogens is 325 g/mol. The number of hydrogen-bond donors (Lipinski definition) is 0. The Bertz CT molecular complexity index is 755. The van der Waals surface area contributed by atoms with E-state index < -0.39 is 27.4 Å². The Labute approximate surface area is 128 Å². The normalized spacial score (nSPS) is 12.0. The van der Waals surface area contributed by atoms with Gasteiger partial charge in [0.2, 0.25) is 5.95 Å². The SMILES string of the molecule is CCn1c(N(C)C)nc2cc(C(F)(F)F)c(Cl)c([N+](=O)[O-])c21. The Balaban J connectivity index is 3.00. The summed E-state index contributed by atoms with van der Waals surface area (Å²) in [6.45, 7) is 2.01. The zero-order chi connectivity index (χ0) is 16.8. The summed E-state index contributed by atoms with van der Waals surface area (Å²) in [5.74, 6) is 0.316. The van der Waals surface area contributed by atoms with E-state index in [1.807, 2.05) is 0 Å². The zero-order valence-corrected chi connectivity index (χ0v) is 12.7. The molecule has 0 spiro atoms. The molecule has 1 heterocycles. The van der Waals surface area contributed by atoms with Gasteiger partial charge in [-0.2, -0.15) is 13.2 Å². The molecule has 0 amide bonds. The van der Waals surface area contributed by atoms with E-state index in [9.17, 15) is 23.3 Å². The number of anilines is 1. The molecular formula is C12H12ClF3N4O2. The van der Waals surface area contributed by atoms with E-state index in [1.54, 1.807) is 25.9 Å². The third kappa shape index (κ3) is 2.45. The fourth-order valence-electron chi connectivity index (χ4n) is 2.25. The lowest BCUT2D eigenvalue weighted by atomic mass is 10.1. The molecule has 0 aliphatic rings. The van der Waals surface area contributed by atoms with Crippen molar-refractivity contribution in [2.24, 2.45) is 0 Å². The summed E-state index contributed by atoms with van der Waals surface area (Å²) in [5.41, 5.74) is -2.18. The van der Waals surface area contributed by atoms with E-state index in [0.29, 0.717) is 12.5 Å². The maximum atomic E-state index is 13.0. The molecule has 1 aromatic heterocycles. The van der Waals surface area contributed by atoms with E-state index in [1.165, 1.54) is 4.57 Å². The molecule has 120 valence electrons. The standard InChI is InChI=1S/C12H12ClF3N4O2/c1-4-19-9-7(17-11(19)18(2)3)5-6(12(14,15)16)8(13)10(9)20(21)22/h5H,4H2,1-3H3. The number of nitro benzene ring substituents is 1. The molecule has 0 radical (unpaired) electrons. The van der Waals surface area contributed by atoms with Crippen LogP contribution >= 0.6 is 11.6 Å². The van der Waals surface area contributed by atoms with Gasteiger partial charge < -0.3 is 9.47 Å². The molecule has 0 fully saturated rings. The fraction of sp³-hybridized carbons (Fsp3) is 0.417. The van der Waals surface area contributed by atoms with Crippen LogP contribution in [0, 0.1) is 10.1 Å². The van der Waals surface area contributed by atoms with Gasteiger partial charge in [-0.25, -0.2) is 4.98 Å². The average molecular weight is 337 g/mol. The fourth-order valence-corrected chi connectivity index (χ4v) is 2.57. The largest absolute Gasteiger partial charge is 0.418 e. The van der Waals surface area contributed by atoms with Crippen molar-refractivity contribution < 1.29 is 18.1 Å². The van der Waals surface area contributed by atoms with Crippen LogP contribution < -0.4 is 4.90 Å². The number of rotatable bonds is 3. The molecule has 10 heteroatoms. The van der Waals surface area contributed by atoms with Crippen LogP contribution in [-0.2, 0) is 12.7 Å². The smallest absolute Gasteiger partial charge is 0.348 e. The van der Waals surface area contributed by atoms with Crippen LogP contribution in [0.1, 0.15) is 12.5 Å². The molecule has 0 N–H and O–H groups in total. The third-order valence-corrected chi connectivity index (χ3v) is 3.51. The summed E-state index contributed by atoms with van der Waals surface area (Å²) in [6, 6.07) is 0.740. The average Bonchev–Trinajstić information content (AvgIpc) is 2.74. The number of nitro groups is 1. The minimum absolute atomic E-state index is 0.0193. The monoisotopic (exact) mass is 336 g/mol. The Morgan fingerprint density at radius 2 is 2.05 bits per heavy atom. The summed E-state index contributed by atoms with van der Waals surface area (Å²) in [4.78, 5) is 16.0. The lowest BCUT2D eigenvalue weighted by Gasteiger charge is -2.13. The molecule has 22 heavy (non-hydrogen) atoms. The van der Waals surface area contributed by atoms with E-state index in [0.717, 1.165) is 6.07 Å². The minimum atomic E-state index is -4.80. The summed E-state index contributed by atoms with van der Waals surface area (Å²) in [7, 11) is 3.29. The van der Waals surface area contributed by atoms with Gasteiger partial charge in [-0.15, -0.1) is 0 Å². The van der Waals surface area contributed by atoms with Crippen molar-refractivity contribution in [1.29, 1.82) is 0 Å². The van der Waals surface area contributed by atoms with Gasteiger partial charge in [0, 0.05) is 20.6 Å². The van der Waals surface area contributed by atoms with Gasteiger partial charge in [0.1, 0.15) is 5.02 Å². The van der Waals surface area contributed by atoms with E-state index in [4.69, 9.17) is 11.6 Å². The Hall–Kier alpha value is -2.03. The number of aromatic nitrogens is 2. The Kier molecular flexibility index (Phi) is 3.94. The van der Waals surface area contributed by atoms with Gasteiger partial charge >= 0.3 is 11.9 Å². The number of nitrogens with zero attached hydrogens (tertiary/aromatic N) is 4. The van der Waals surface area contributed by atoms with Gasteiger partial charge in [-0.05, 0) is 13.0 Å². The maximum Gasteiger partial charge on any atom is 0.418 e. The molecule has 0 saturated heterocycles. The molecule has 0 aliphatic carbocycles. The van der Waals surface area contributed by atoms with Crippen LogP contribution in [0.15, 0.2) is 6.07 Å². The van der Waals surface area contributed by atoms with Crippen molar-refractivity contribution in [2.45, 2.75) is 19.6 Å². The van der Waals surface area contributed by atoms with Crippen molar-refractivity contribution in [3.8, 4) is 0 Å². The molecule has 1 aromatic carbocycles. The van der Waals surface area contributed by atoms with Crippen molar-refractivity contribution in [3.05, 3.63) is 26.8 Å². The van der Waals surface area contributed by atoms with Gasteiger partial charge in [0.25, 0.3) is 0 Å². The Morgan fingerprint density at radius 3 is 2.45 bits per heavy atom. The quantitative estimate of drug-likeness (QED) is 0.633. The third-order valence-electron chi connectivity index (χ3n) is 3.13. The van der Waals surface area contributed by atoms with Crippen molar-refractivity contribution in [2.75, 3.05) is 19.0 Å². The molecule has 0 atom stereocenters. The molecule has 0 saturated carbocycles. The van der Waals surface area contributed by atoms with Gasteiger partial charge in [0.15, 0.2) is 5.52 Å². The second-order valence-corrected chi connectivity index (χ2v) is 5.14. The van der Waals surface area contributed by atoms with Crippen LogP contribution in [0.4, 0.5) is 24.8 Å². The predicted molar refractivity (Wildman–Crippen MR) is 76.4 cm³/mol. The van der Waals surface area contributed by atoms with E-state index in [-0.39, 0.29) is 11.0 Å². The van der Waals surface area contributed by atoms with Crippen molar-refractivity contribution in [1.82, 2.24) is 9.55 Å². The van der Waals surface area contributed by atoms with Crippen LogP contribution in [0.3, 0.4) is 0 Å². The zero-order valence-electron chi connectivity index (χ0n) is 11.9. The number of fused-ring (bicyclic) bond motifs is 1. The molecule has 0 bridgehead atoms. The van der Waals surface area contributed by atoms with Crippen molar-refractivity contribution in [3.63, 3.8) is 0 Å². The summed E-state index contributed by atoms with van der Waals surface area (Å²) >= 11 is 5.67. The lowest BCUT2D eigenvalue weighted by Crippen LogP contribution is -2.15. The molecule has 6 nitrogen and oxygen atoms in total. The van der Waals surface area contributed by atoms with E-state index >= 15 is 0 Å². The predicted octanol–water partition coefficient (Wildman–Crippen LogP) is 3.70. The molecule has 0 aliphatic heterocycles. The lowest BCUT2D eigenvalue weighted by molar-refractivity contribution is -0.383. The van der Waals surface area contributed by atoms with Crippen molar-refractivity contribution >= 4 is 34.3 Å². The first kappa shape index (κ1) is 16.3. The summed E-state index contributed by atoms with van der Waals surface area (Å²) in [6.07, 6.45) is -4.80. The molecule has 0 unspecified atom stereocenters. The number of halogens is 4. The molecule has 2 aromatic rings. The van der Waals surface area contributed by atoms with Gasteiger partial charge in [0.05, 0.1) is 16.0 Å². The first-order valence-corrected chi connectivity index (χ1v) is 6.59. The second kappa shape index (κ2) is 5.31.